The molecule has 0 aliphatic carbocycles. The smallest absolute Gasteiger partial charge is 0.338 e. The molecule has 0 aliphatic heterocycles. The second-order valence-electron chi connectivity index (χ2n) is 5.81. The number of nitrogens with zero attached hydrogens (tertiary/aromatic N) is 2. The fourth-order valence-electron chi connectivity index (χ4n) is 2.63. The van der Waals surface area contributed by atoms with Crippen molar-refractivity contribution in [2.45, 2.75) is 13.5 Å². The summed E-state index contributed by atoms with van der Waals surface area (Å²) in [4.78, 5) is 17.3. The minimum Gasteiger partial charge on any atom is -0.462 e. The highest BCUT2D eigenvalue weighted by atomic mass is 35.5. The second kappa shape index (κ2) is 9.24. The Labute approximate surface area is 177 Å². The Kier molecular flexibility index (Phi) is 6.73. The summed E-state index contributed by atoms with van der Waals surface area (Å²) in [5.74, 6) is -0.341. The number of carbonyl (C=O) groups excluding carboxylic acids is 1. The van der Waals surface area contributed by atoms with Gasteiger partial charge in [0.25, 0.3) is 0 Å². The summed E-state index contributed by atoms with van der Waals surface area (Å²) in [6.45, 7) is 6.55. The molecule has 1 heterocycles. The standard InChI is InChI=1S/C21H18Cl2N2O2S/c1-3-11-25-19(17-10-7-15(22)12-18(17)23)13-28-21(25)24-16-8-5-14(6-9-16)20(26)27-4-2/h3,5-10,12-13H,1,4,11H2,2H3. The number of hydrogen-bond donors (Lipinski definition) is 0. The molecule has 7 heteroatoms. The summed E-state index contributed by atoms with van der Waals surface area (Å²) < 4.78 is 7.04. The van der Waals surface area contributed by atoms with Crippen LogP contribution in [0.25, 0.3) is 11.3 Å². The van der Waals surface area contributed by atoms with Gasteiger partial charge >= 0.3 is 5.97 Å². The van der Waals surface area contributed by atoms with E-state index in [0.29, 0.717) is 28.8 Å². The second-order valence-corrected chi connectivity index (χ2v) is 7.49. The van der Waals surface area contributed by atoms with Gasteiger partial charge < -0.3 is 9.30 Å². The molecule has 2 aromatic carbocycles. The lowest BCUT2D eigenvalue weighted by molar-refractivity contribution is 0.0526. The van der Waals surface area contributed by atoms with Crippen LogP contribution in [0.4, 0.5) is 5.69 Å². The predicted molar refractivity (Wildman–Crippen MR) is 116 cm³/mol. The van der Waals surface area contributed by atoms with Crippen LogP contribution >= 0.6 is 34.5 Å². The maximum atomic E-state index is 11.8. The summed E-state index contributed by atoms with van der Waals surface area (Å²) in [6, 6.07) is 12.4. The fraction of sp³-hybridized carbons (Fsp3) is 0.143. The van der Waals surface area contributed by atoms with E-state index < -0.39 is 0 Å². The quantitative estimate of drug-likeness (QED) is 0.347. The lowest BCUT2D eigenvalue weighted by Crippen LogP contribution is -2.14. The molecule has 0 bridgehead atoms. The Morgan fingerprint density at radius 3 is 2.64 bits per heavy atom. The molecule has 0 radical (unpaired) electrons. The largest absolute Gasteiger partial charge is 0.462 e. The Morgan fingerprint density at radius 2 is 2.00 bits per heavy atom. The van der Waals surface area contributed by atoms with Gasteiger partial charge in [0.15, 0.2) is 4.80 Å². The van der Waals surface area contributed by atoms with Crippen LogP contribution in [0.1, 0.15) is 17.3 Å². The van der Waals surface area contributed by atoms with Crippen LogP contribution in [0.15, 0.2) is 65.5 Å². The highest BCUT2D eigenvalue weighted by Gasteiger charge is 2.11. The van der Waals surface area contributed by atoms with Crippen LogP contribution in [0, 0.1) is 0 Å². The van der Waals surface area contributed by atoms with Gasteiger partial charge in [-0.25, -0.2) is 9.79 Å². The van der Waals surface area contributed by atoms with Crippen molar-refractivity contribution in [3.8, 4) is 11.3 Å². The molecule has 0 saturated heterocycles. The Balaban J connectivity index is 2.01. The highest BCUT2D eigenvalue weighted by molar-refractivity contribution is 7.07. The average Bonchev–Trinajstić information content (AvgIpc) is 3.05. The number of rotatable bonds is 6. The van der Waals surface area contributed by atoms with Crippen molar-refractivity contribution in [2.75, 3.05) is 6.61 Å². The van der Waals surface area contributed by atoms with Crippen molar-refractivity contribution in [1.82, 2.24) is 4.57 Å². The Hall–Kier alpha value is -2.34. The Morgan fingerprint density at radius 1 is 1.25 bits per heavy atom. The monoisotopic (exact) mass is 432 g/mol. The molecule has 0 saturated carbocycles. The van der Waals surface area contributed by atoms with E-state index in [1.165, 1.54) is 11.3 Å². The zero-order valence-corrected chi connectivity index (χ0v) is 17.5. The molecule has 0 amide bonds. The summed E-state index contributed by atoms with van der Waals surface area (Å²) >= 11 is 13.9. The van der Waals surface area contributed by atoms with E-state index in [1.54, 1.807) is 37.3 Å². The molecule has 0 unspecified atom stereocenters. The SMILES string of the molecule is C=CCn1c(-c2ccc(Cl)cc2Cl)csc1=Nc1ccc(C(=O)OCC)cc1. The summed E-state index contributed by atoms with van der Waals surface area (Å²) in [5.41, 5.74) is 3.05. The third kappa shape index (κ3) is 4.55. The Bertz CT molecular complexity index is 1070. The van der Waals surface area contributed by atoms with Gasteiger partial charge in [0.1, 0.15) is 0 Å². The summed E-state index contributed by atoms with van der Waals surface area (Å²) in [5, 5.41) is 3.17. The average molecular weight is 433 g/mol. The van der Waals surface area contributed by atoms with Gasteiger partial charge in [-0.3, -0.25) is 0 Å². The molecule has 3 rings (SSSR count). The molecule has 3 aromatic rings. The summed E-state index contributed by atoms with van der Waals surface area (Å²) in [7, 11) is 0. The number of thiazole rings is 1. The maximum absolute atomic E-state index is 11.8. The van der Waals surface area contributed by atoms with Crippen molar-refractivity contribution in [3.05, 3.63) is 80.9 Å². The summed E-state index contributed by atoms with van der Waals surface area (Å²) in [6.07, 6.45) is 1.81. The molecule has 28 heavy (non-hydrogen) atoms. The number of halogens is 2. The van der Waals surface area contributed by atoms with Gasteiger partial charge in [0.05, 0.1) is 28.6 Å². The van der Waals surface area contributed by atoms with Crippen molar-refractivity contribution in [1.29, 1.82) is 0 Å². The van der Waals surface area contributed by atoms with Crippen molar-refractivity contribution in [2.24, 2.45) is 4.99 Å². The number of aromatic nitrogens is 1. The van der Waals surface area contributed by atoms with Gasteiger partial charge in [-0.1, -0.05) is 29.3 Å². The van der Waals surface area contributed by atoms with E-state index in [1.807, 2.05) is 28.2 Å². The lowest BCUT2D eigenvalue weighted by Gasteiger charge is -2.08. The molecule has 0 aliphatic rings. The van der Waals surface area contributed by atoms with Gasteiger partial charge in [0, 0.05) is 22.5 Å². The number of carbonyl (C=O) groups is 1. The number of esters is 1. The van der Waals surface area contributed by atoms with Crippen LogP contribution in [0.3, 0.4) is 0 Å². The predicted octanol–water partition coefficient (Wildman–Crippen LogP) is 6.12. The van der Waals surface area contributed by atoms with E-state index in [-0.39, 0.29) is 5.97 Å². The van der Waals surface area contributed by atoms with Crippen LogP contribution in [-0.2, 0) is 11.3 Å². The third-order valence-electron chi connectivity index (χ3n) is 3.92. The third-order valence-corrected chi connectivity index (χ3v) is 5.33. The molecular formula is C21H18Cl2N2O2S. The van der Waals surface area contributed by atoms with Crippen molar-refractivity contribution >= 4 is 46.2 Å². The van der Waals surface area contributed by atoms with E-state index in [2.05, 4.69) is 6.58 Å². The molecule has 0 N–H and O–H groups in total. The molecule has 144 valence electrons. The van der Waals surface area contributed by atoms with Gasteiger partial charge in [-0.15, -0.1) is 17.9 Å². The van der Waals surface area contributed by atoms with Crippen LogP contribution in [-0.4, -0.2) is 17.1 Å². The molecule has 0 atom stereocenters. The van der Waals surface area contributed by atoms with Crippen LogP contribution in [0.5, 0.6) is 0 Å². The normalized spacial score (nSPS) is 11.5. The fourth-order valence-corrected chi connectivity index (χ4v) is 4.07. The van der Waals surface area contributed by atoms with E-state index >= 15 is 0 Å². The maximum Gasteiger partial charge on any atom is 0.338 e. The molecule has 4 nitrogen and oxygen atoms in total. The molecule has 1 aromatic heterocycles. The number of hydrogen-bond acceptors (Lipinski definition) is 4. The first-order chi connectivity index (χ1) is 13.5. The van der Waals surface area contributed by atoms with E-state index in [9.17, 15) is 4.79 Å². The molecular weight excluding hydrogens is 415 g/mol. The van der Waals surface area contributed by atoms with Gasteiger partial charge in [0.2, 0.25) is 0 Å². The minimum atomic E-state index is -0.341. The van der Waals surface area contributed by atoms with Gasteiger partial charge in [-0.2, -0.15) is 0 Å². The molecule has 0 spiro atoms. The van der Waals surface area contributed by atoms with Crippen molar-refractivity contribution in [3.63, 3.8) is 0 Å². The first-order valence-electron chi connectivity index (χ1n) is 8.60. The number of ether oxygens (including phenoxy) is 1. The first-order valence-corrected chi connectivity index (χ1v) is 10.2. The molecule has 0 fully saturated rings. The highest BCUT2D eigenvalue weighted by Crippen LogP contribution is 2.31. The van der Waals surface area contributed by atoms with Gasteiger partial charge in [-0.05, 0) is 49.4 Å². The zero-order valence-electron chi connectivity index (χ0n) is 15.2. The number of benzene rings is 2. The number of allylic oxidation sites excluding steroid dienone is 1. The van der Waals surface area contributed by atoms with Crippen molar-refractivity contribution < 1.29 is 9.53 Å². The van der Waals surface area contributed by atoms with Crippen LogP contribution in [0.2, 0.25) is 10.0 Å². The van der Waals surface area contributed by atoms with Crippen LogP contribution < -0.4 is 4.80 Å². The topological polar surface area (TPSA) is 43.6 Å². The lowest BCUT2D eigenvalue weighted by atomic mass is 10.1. The van der Waals surface area contributed by atoms with E-state index in [4.69, 9.17) is 32.9 Å². The first kappa shape index (κ1) is 20.4. The zero-order chi connectivity index (χ0) is 20.1. The minimum absolute atomic E-state index is 0.341. The van der Waals surface area contributed by atoms with E-state index in [0.717, 1.165) is 21.7 Å².